The van der Waals surface area contributed by atoms with Crippen LogP contribution in [0.4, 0.5) is 0 Å². The fourth-order valence-electron chi connectivity index (χ4n) is 1.62. The van der Waals surface area contributed by atoms with Crippen molar-refractivity contribution in [1.82, 2.24) is 10.6 Å². The van der Waals surface area contributed by atoms with Gasteiger partial charge in [-0.1, -0.05) is 13.3 Å². The van der Waals surface area contributed by atoms with E-state index in [4.69, 9.17) is 4.42 Å². The zero-order valence-corrected chi connectivity index (χ0v) is 14.8. The van der Waals surface area contributed by atoms with Crippen LogP contribution >= 0.6 is 24.0 Å². The summed E-state index contributed by atoms with van der Waals surface area (Å²) < 4.78 is 5.23. The van der Waals surface area contributed by atoms with Gasteiger partial charge in [-0.3, -0.25) is 0 Å². The maximum Gasteiger partial charge on any atom is 0.191 e. The van der Waals surface area contributed by atoms with Crippen LogP contribution in [0.5, 0.6) is 0 Å². The van der Waals surface area contributed by atoms with Crippen LogP contribution in [0.1, 0.15) is 39.4 Å². The molecule has 3 N–H and O–H groups in total. The Balaban J connectivity index is 0.00000361. The summed E-state index contributed by atoms with van der Waals surface area (Å²) >= 11 is 0. The first kappa shape index (κ1) is 19.2. The lowest BCUT2D eigenvalue weighted by Crippen LogP contribution is -2.39. The van der Waals surface area contributed by atoms with Crippen molar-refractivity contribution in [2.45, 2.75) is 39.2 Å². The molecule has 0 radical (unpaired) electrons. The third-order valence-electron chi connectivity index (χ3n) is 2.76. The molecule has 1 aromatic heterocycles. The maximum atomic E-state index is 10.3. The van der Waals surface area contributed by atoms with E-state index in [2.05, 4.69) is 22.5 Å². The highest BCUT2D eigenvalue weighted by Gasteiger charge is 2.25. The molecule has 0 aromatic carbocycles. The largest absolute Gasteiger partial charge is 0.466 e. The van der Waals surface area contributed by atoms with Gasteiger partial charge in [0.05, 0.1) is 12.8 Å². The zero-order chi connectivity index (χ0) is 14.1. The summed E-state index contributed by atoms with van der Waals surface area (Å²) in [5.41, 5.74) is -1.09. The van der Waals surface area contributed by atoms with Gasteiger partial charge in [0.25, 0.3) is 0 Å². The number of hydrogen-bond acceptors (Lipinski definition) is 3. The van der Waals surface area contributed by atoms with Gasteiger partial charge in [-0.05, 0) is 32.4 Å². The number of hydrogen-bond donors (Lipinski definition) is 3. The lowest BCUT2D eigenvalue weighted by atomic mass is 10.0. The molecule has 1 atom stereocenters. The first-order valence-corrected chi connectivity index (χ1v) is 6.88. The van der Waals surface area contributed by atoms with Crippen molar-refractivity contribution >= 4 is 29.9 Å². The SMILES string of the molecule is CCCCNC(=NCC(C)(O)c1ccco1)NCC.I. The Morgan fingerprint density at radius 3 is 2.70 bits per heavy atom. The van der Waals surface area contributed by atoms with Crippen LogP contribution in [0, 0.1) is 0 Å². The minimum atomic E-state index is -1.09. The standard InChI is InChI=1S/C14H25N3O2.HI/c1-4-6-9-16-13(15-5-2)17-11-14(3,18)12-8-7-10-19-12;/h7-8,10,18H,4-6,9,11H2,1-3H3,(H2,15,16,17);1H. The van der Waals surface area contributed by atoms with Gasteiger partial charge in [0.2, 0.25) is 0 Å². The van der Waals surface area contributed by atoms with Gasteiger partial charge in [0, 0.05) is 13.1 Å². The first-order chi connectivity index (χ1) is 9.10. The molecule has 5 nitrogen and oxygen atoms in total. The van der Waals surface area contributed by atoms with Crippen molar-refractivity contribution < 1.29 is 9.52 Å². The Kier molecular flexibility index (Phi) is 9.66. The van der Waals surface area contributed by atoms with E-state index in [-0.39, 0.29) is 30.5 Å². The molecule has 1 aromatic rings. The second-order valence-corrected chi connectivity index (χ2v) is 4.73. The van der Waals surface area contributed by atoms with Crippen LogP contribution in [0.25, 0.3) is 0 Å². The Morgan fingerprint density at radius 1 is 1.40 bits per heavy atom. The van der Waals surface area contributed by atoms with E-state index < -0.39 is 5.60 Å². The highest BCUT2D eigenvalue weighted by molar-refractivity contribution is 14.0. The van der Waals surface area contributed by atoms with Crippen LogP contribution in [0.15, 0.2) is 27.8 Å². The second kappa shape index (κ2) is 10.0. The molecule has 0 amide bonds. The average molecular weight is 395 g/mol. The molecule has 0 saturated carbocycles. The summed E-state index contributed by atoms with van der Waals surface area (Å²) in [4.78, 5) is 4.40. The molecule has 0 aliphatic rings. The minimum Gasteiger partial charge on any atom is -0.466 e. The molecule has 1 unspecified atom stereocenters. The molecule has 0 spiro atoms. The molecular weight excluding hydrogens is 369 g/mol. The van der Waals surface area contributed by atoms with E-state index >= 15 is 0 Å². The predicted molar refractivity (Wildman–Crippen MR) is 92.6 cm³/mol. The van der Waals surface area contributed by atoms with Crippen molar-refractivity contribution in [2.24, 2.45) is 4.99 Å². The fraction of sp³-hybridized carbons (Fsp3) is 0.643. The number of nitrogens with zero attached hydrogens (tertiary/aromatic N) is 1. The van der Waals surface area contributed by atoms with Gasteiger partial charge in [-0.25, -0.2) is 4.99 Å². The number of halogens is 1. The van der Waals surface area contributed by atoms with Gasteiger partial charge >= 0.3 is 0 Å². The lowest BCUT2D eigenvalue weighted by Gasteiger charge is -2.19. The van der Waals surface area contributed by atoms with Crippen molar-refractivity contribution in [2.75, 3.05) is 19.6 Å². The molecule has 20 heavy (non-hydrogen) atoms. The number of furan rings is 1. The molecule has 6 heteroatoms. The zero-order valence-electron chi connectivity index (χ0n) is 12.5. The number of guanidine groups is 1. The average Bonchev–Trinajstić information content (AvgIpc) is 2.91. The molecule has 1 heterocycles. The van der Waals surface area contributed by atoms with Crippen molar-refractivity contribution in [1.29, 1.82) is 0 Å². The van der Waals surface area contributed by atoms with Crippen LogP contribution < -0.4 is 10.6 Å². The number of nitrogens with one attached hydrogen (secondary N) is 2. The Bertz CT molecular complexity index is 378. The van der Waals surface area contributed by atoms with Crippen LogP contribution in [-0.4, -0.2) is 30.7 Å². The van der Waals surface area contributed by atoms with E-state index in [0.29, 0.717) is 5.76 Å². The monoisotopic (exact) mass is 395 g/mol. The Morgan fingerprint density at radius 2 is 2.15 bits per heavy atom. The lowest BCUT2D eigenvalue weighted by molar-refractivity contribution is 0.0437. The van der Waals surface area contributed by atoms with Gasteiger partial charge in [0.15, 0.2) is 5.96 Å². The Hall–Kier alpha value is -0.760. The summed E-state index contributed by atoms with van der Waals surface area (Å²) in [6.07, 6.45) is 3.79. The number of rotatable bonds is 7. The molecule has 0 fully saturated rings. The maximum absolute atomic E-state index is 10.3. The molecule has 0 aliphatic heterocycles. The molecular formula is C14H26IN3O2. The predicted octanol–water partition coefficient (Wildman–Crippen LogP) is 2.46. The fourth-order valence-corrected chi connectivity index (χ4v) is 1.62. The topological polar surface area (TPSA) is 69.8 Å². The molecule has 116 valence electrons. The van der Waals surface area contributed by atoms with Gasteiger partial charge in [-0.2, -0.15) is 0 Å². The summed E-state index contributed by atoms with van der Waals surface area (Å²) in [5.74, 6) is 1.25. The van der Waals surface area contributed by atoms with Crippen molar-refractivity contribution in [3.05, 3.63) is 24.2 Å². The molecule has 0 bridgehead atoms. The van der Waals surface area contributed by atoms with Gasteiger partial charge in [0.1, 0.15) is 11.4 Å². The van der Waals surface area contributed by atoms with Crippen LogP contribution in [0.3, 0.4) is 0 Å². The van der Waals surface area contributed by atoms with Gasteiger partial charge < -0.3 is 20.2 Å². The van der Waals surface area contributed by atoms with Crippen LogP contribution in [-0.2, 0) is 5.60 Å². The first-order valence-electron chi connectivity index (χ1n) is 6.88. The van der Waals surface area contributed by atoms with E-state index in [0.717, 1.165) is 31.9 Å². The van der Waals surface area contributed by atoms with Crippen molar-refractivity contribution in [3.8, 4) is 0 Å². The van der Waals surface area contributed by atoms with Crippen LogP contribution in [0.2, 0.25) is 0 Å². The minimum absolute atomic E-state index is 0. The second-order valence-electron chi connectivity index (χ2n) is 4.73. The van der Waals surface area contributed by atoms with E-state index in [1.165, 1.54) is 0 Å². The number of aliphatic hydroxyl groups is 1. The Labute approximate surface area is 138 Å². The van der Waals surface area contributed by atoms with E-state index in [9.17, 15) is 5.11 Å². The highest BCUT2D eigenvalue weighted by atomic mass is 127. The molecule has 1 rings (SSSR count). The van der Waals surface area contributed by atoms with Gasteiger partial charge in [-0.15, -0.1) is 24.0 Å². The third kappa shape index (κ3) is 6.60. The summed E-state index contributed by atoms with van der Waals surface area (Å²) in [5, 5.41) is 16.7. The highest BCUT2D eigenvalue weighted by Crippen LogP contribution is 2.20. The quantitative estimate of drug-likeness (QED) is 0.287. The normalized spacial score (nSPS) is 14.3. The number of aliphatic imine (C=N–C) groups is 1. The van der Waals surface area contributed by atoms with E-state index in [1.807, 2.05) is 6.92 Å². The molecule has 0 aliphatic carbocycles. The number of unbranched alkanes of at least 4 members (excludes halogenated alkanes) is 1. The van der Waals surface area contributed by atoms with Crippen molar-refractivity contribution in [3.63, 3.8) is 0 Å². The third-order valence-corrected chi connectivity index (χ3v) is 2.76. The summed E-state index contributed by atoms with van der Waals surface area (Å²) in [6.45, 7) is 7.79. The smallest absolute Gasteiger partial charge is 0.191 e. The molecule has 0 saturated heterocycles. The summed E-state index contributed by atoms with van der Waals surface area (Å²) in [6, 6.07) is 3.52. The van der Waals surface area contributed by atoms with E-state index in [1.54, 1.807) is 25.3 Å². The summed E-state index contributed by atoms with van der Waals surface area (Å²) in [7, 11) is 0.